The number of amides is 3. The summed E-state index contributed by atoms with van der Waals surface area (Å²) in [5, 5.41) is 10.6. The molecule has 9 heteroatoms. The maximum atomic E-state index is 12.3. The molecular formula is C22H19N5O3S. The minimum absolute atomic E-state index is 0.214. The van der Waals surface area contributed by atoms with Crippen molar-refractivity contribution in [2.75, 3.05) is 5.32 Å². The Balaban J connectivity index is 1.29. The first kappa shape index (κ1) is 20.3. The van der Waals surface area contributed by atoms with Gasteiger partial charge in [-0.25, -0.2) is 9.78 Å². The van der Waals surface area contributed by atoms with Crippen molar-refractivity contribution < 1.29 is 14.0 Å². The summed E-state index contributed by atoms with van der Waals surface area (Å²) in [7, 11) is 0. The van der Waals surface area contributed by atoms with Crippen molar-refractivity contribution in [1.29, 1.82) is 0 Å². The van der Waals surface area contributed by atoms with Crippen molar-refractivity contribution in [2.24, 2.45) is 0 Å². The molecular weight excluding hydrogens is 414 g/mol. The molecule has 3 N–H and O–H groups in total. The largest absolute Gasteiger partial charge is 0.467 e. The number of carbonyl (C=O) groups is 2. The van der Waals surface area contributed by atoms with Crippen LogP contribution >= 0.6 is 11.3 Å². The molecule has 0 aliphatic carbocycles. The summed E-state index contributed by atoms with van der Waals surface area (Å²) in [5.41, 5.74) is 2.94. The molecule has 8 nitrogen and oxygen atoms in total. The van der Waals surface area contributed by atoms with Crippen LogP contribution in [0.15, 0.2) is 77.0 Å². The van der Waals surface area contributed by atoms with E-state index in [9.17, 15) is 9.59 Å². The van der Waals surface area contributed by atoms with Crippen molar-refractivity contribution in [1.82, 2.24) is 20.6 Å². The summed E-state index contributed by atoms with van der Waals surface area (Å²) in [4.78, 5) is 33.0. The van der Waals surface area contributed by atoms with E-state index in [-0.39, 0.29) is 18.5 Å². The van der Waals surface area contributed by atoms with Gasteiger partial charge in [0.2, 0.25) is 0 Å². The average Bonchev–Trinajstić information content (AvgIpc) is 3.49. The van der Waals surface area contributed by atoms with Gasteiger partial charge in [0.25, 0.3) is 5.91 Å². The van der Waals surface area contributed by atoms with Gasteiger partial charge in [0, 0.05) is 35.4 Å². The van der Waals surface area contributed by atoms with Crippen LogP contribution in [0, 0.1) is 0 Å². The van der Waals surface area contributed by atoms with E-state index in [4.69, 9.17) is 4.42 Å². The number of nitrogens with zero attached hydrogens (tertiary/aromatic N) is 2. The molecule has 0 aliphatic heterocycles. The van der Waals surface area contributed by atoms with Crippen LogP contribution in [0.2, 0.25) is 0 Å². The highest BCUT2D eigenvalue weighted by molar-refractivity contribution is 7.14. The summed E-state index contributed by atoms with van der Waals surface area (Å²) < 4.78 is 5.21. The van der Waals surface area contributed by atoms with Crippen molar-refractivity contribution in [3.63, 3.8) is 0 Å². The van der Waals surface area contributed by atoms with Crippen molar-refractivity contribution in [3.8, 4) is 11.3 Å². The highest BCUT2D eigenvalue weighted by Gasteiger charge is 2.10. The van der Waals surface area contributed by atoms with Crippen LogP contribution in [0.1, 0.15) is 21.7 Å². The number of hydrogen-bond acceptors (Lipinski definition) is 6. The Kier molecular flexibility index (Phi) is 6.34. The van der Waals surface area contributed by atoms with E-state index in [1.54, 1.807) is 49.0 Å². The summed E-state index contributed by atoms with van der Waals surface area (Å²) in [6.45, 7) is 0.581. The second kappa shape index (κ2) is 9.68. The van der Waals surface area contributed by atoms with Crippen molar-refractivity contribution in [2.45, 2.75) is 13.1 Å². The Hall–Kier alpha value is -3.98. The molecule has 0 saturated carbocycles. The molecule has 3 amide bonds. The molecule has 1 aromatic carbocycles. The Bertz CT molecular complexity index is 1160. The lowest BCUT2D eigenvalue weighted by molar-refractivity contribution is 0.0948. The molecule has 31 heavy (non-hydrogen) atoms. The normalized spacial score (nSPS) is 10.5. The minimum atomic E-state index is -0.375. The fourth-order valence-electron chi connectivity index (χ4n) is 2.81. The molecule has 0 fully saturated rings. The SMILES string of the molecule is O=C(NCc1cccc(C(=O)NCc2ccco2)c1)Nc1nc(-c2cccnc2)cs1. The number of pyridine rings is 1. The molecule has 0 bridgehead atoms. The number of anilines is 1. The second-order valence-corrected chi connectivity index (χ2v) is 7.41. The Morgan fingerprint density at radius 3 is 2.77 bits per heavy atom. The maximum absolute atomic E-state index is 12.3. The highest BCUT2D eigenvalue weighted by atomic mass is 32.1. The Morgan fingerprint density at radius 2 is 1.97 bits per heavy atom. The van der Waals surface area contributed by atoms with Gasteiger partial charge < -0.3 is 15.1 Å². The second-order valence-electron chi connectivity index (χ2n) is 6.55. The zero-order chi connectivity index (χ0) is 21.5. The molecule has 0 unspecified atom stereocenters. The Labute approximate surface area is 182 Å². The number of benzene rings is 1. The van der Waals surface area contributed by atoms with Gasteiger partial charge in [0.15, 0.2) is 5.13 Å². The topological polar surface area (TPSA) is 109 Å². The first-order valence-electron chi connectivity index (χ1n) is 9.48. The van der Waals surface area contributed by atoms with E-state index in [2.05, 4.69) is 25.9 Å². The first-order valence-corrected chi connectivity index (χ1v) is 10.4. The summed E-state index contributed by atoms with van der Waals surface area (Å²) in [5.74, 6) is 0.463. The molecule has 3 heterocycles. The van der Waals surface area contributed by atoms with E-state index in [1.807, 2.05) is 23.6 Å². The van der Waals surface area contributed by atoms with Crippen LogP contribution < -0.4 is 16.0 Å². The van der Waals surface area contributed by atoms with Crippen LogP contribution in [-0.2, 0) is 13.1 Å². The molecule has 156 valence electrons. The predicted octanol–water partition coefficient (Wildman–Crippen LogP) is 4.05. The highest BCUT2D eigenvalue weighted by Crippen LogP contribution is 2.23. The van der Waals surface area contributed by atoms with Crippen LogP contribution in [0.4, 0.5) is 9.93 Å². The van der Waals surface area contributed by atoms with E-state index in [0.29, 0.717) is 23.0 Å². The molecule has 4 rings (SSSR count). The predicted molar refractivity (Wildman–Crippen MR) is 118 cm³/mol. The quantitative estimate of drug-likeness (QED) is 0.407. The van der Waals surface area contributed by atoms with Crippen molar-refractivity contribution >= 4 is 28.4 Å². The molecule has 0 saturated heterocycles. The summed E-state index contributed by atoms with van der Waals surface area (Å²) >= 11 is 1.33. The van der Waals surface area contributed by atoms with E-state index < -0.39 is 0 Å². The zero-order valence-electron chi connectivity index (χ0n) is 16.4. The van der Waals surface area contributed by atoms with Crippen molar-refractivity contribution in [3.05, 3.63) is 89.5 Å². The maximum Gasteiger partial charge on any atom is 0.321 e. The fourth-order valence-corrected chi connectivity index (χ4v) is 3.52. The first-order chi connectivity index (χ1) is 15.2. The third-order valence-corrected chi connectivity index (χ3v) is 5.09. The summed E-state index contributed by atoms with van der Waals surface area (Å²) in [6.07, 6.45) is 4.97. The standard InChI is InChI=1S/C22H19N5O3S/c28-20(24-13-18-7-3-9-30-18)16-5-1-4-15(10-16)11-25-21(29)27-22-26-19(14-31-22)17-6-2-8-23-12-17/h1-10,12,14H,11,13H2,(H,24,28)(H2,25,26,27,29). The molecule has 0 aliphatic rings. The third kappa shape index (κ3) is 5.55. The molecule has 0 atom stereocenters. The molecule has 0 radical (unpaired) electrons. The van der Waals surface area contributed by atoms with Gasteiger partial charge in [-0.15, -0.1) is 11.3 Å². The number of thiazole rings is 1. The van der Waals surface area contributed by atoms with E-state index >= 15 is 0 Å². The van der Waals surface area contributed by atoms with Gasteiger partial charge >= 0.3 is 6.03 Å². The van der Waals surface area contributed by atoms with E-state index in [1.165, 1.54) is 11.3 Å². The van der Waals surface area contributed by atoms with E-state index in [0.717, 1.165) is 16.8 Å². The average molecular weight is 433 g/mol. The van der Waals surface area contributed by atoms with Crippen LogP contribution in [0.25, 0.3) is 11.3 Å². The van der Waals surface area contributed by atoms with Gasteiger partial charge in [-0.2, -0.15) is 0 Å². The molecule has 0 spiro atoms. The number of furan rings is 1. The number of urea groups is 1. The number of aromatic nitrogens is 2. The van der Waals surface area contributed by atoms with Gasteiger partial charge in [-0.3, -0.25) is 15.1 Å². The van der Waals surface area contributed by atoms with Gasteiger partial charge in [-0.1, -0.05) is 12.1 Å². The lowest BCUT2D eigenvalue weighted by Crippen LogP contribution is -2.28. The van der Waals surface area contributed by atoms with Crippen LogP contribution in [0.5, 0.6) is 0 Å². The number of rotatable bonds is 7. The lowest BCUT2D eigenvalue weighted by atomic mass is 10.1. The van der Waals surface area contributed by atoms with Crippen LogP contribution in [-0.4, -0.2) is 21.9 Å². The van der Waals surface area contributed by atoms with Gasteiger partial charge in [-0.05, 0) is 42.0 Å². The third-order valence-electron chi connectivity index (χ3n) is 4.33. The smallest absolute Gasteiger partial charge is 0.321 e. The summed E-state index contributed by atoms with van der Waals surface area (Å²) in [6, 6.07) is 14.0. The monoisotopic (exact) mass is 433 g/mol. The van der Waals surface area contributed by atoms with Gasteiger partial charge in [0.1, 0.15) is 5.76 Å². The van der Waals surface area contributed by atoms with Gasteiger partial charge in [0.05, 0.1) is 18.5 Å². The number of hydrogen-bond donors (Lipinski definition) is 3. The van der Waals surface area contributed by atoms with Crippen LogP contribution in [0.3, 0.4) is 0 Å². The fraction of sp³-hybridized carbons (Fsp3) is 0.0909. The Morgan fingerprint density at radius 1 is 1.03 bits per heavy atom. The zero-order valence-corrected chi connectivity index (χ0v) is 17.2. The molecule has 4 aromatic rings. The number of carbonyl (C=O) groups excluding carboxylic acids is 2. The minimum Gasteiger partial charge on any atom is -0.467 e. The number of nitrogens with one attached hydrogen (secondary N) is 3. The molecule has 3 aromatic heterocycles. The lowest BCUT2D eigenvalue weighted by Gasteiger charge is -2.08.